The number of halogens is 1. The number of hydrogen-bond donors (Lipinski definition) is 0. The van der Waals surface area contributed by atoms with Crippen molar-refractivity contribution in [1.82, 2.24) is 4.90 Å². The van der Waals surface area contributed by atoms with E-state index in [1.54, 1.807) is 4.90 Å². The lowest BCUT2D eigenvalue weighted by Gasteiger charge is -2.32. The van der Waals surface area contributed by atoms with Crippen molar-refractivity contribution in [1.29, 1.82) is 0 Å². The SMILES string of the molecule is CS(=O)(=O)CC(=O)N1CCCC(CCCl)C1. The molecule has 94 valence electrons. The van der Waals surface area contributed by atoms with Crippen molar-refractivity contribution in [2.75, 3.05) is 31.0 Å². The molecule has 4 nitrogen and oxygen atoms in total. The Balaban J connectivity index is 2.50. The van der Waals surface area contributed by atoms with Crippen LogP contribution < -0.4 is 0 Å². The third kappa shape index (κ3) is 4.70. The van der Waals surface area contributed by atoms with Gasteiger partial charge in [-0.2, -0.15) is 0 Å². The lowest BCUT2D eigenvalue weighted by Crippen LogP contribution is -2.42. The maximum atomic E-state index is 11.7. The molecule has 0 N–H and O–H groups in total. The summed E-state index contributed by atoms with van der Waals surface area (Å²) >= 11 is 5.67. The average Bonchev–Trinajstić information content (AvgIpc) is 2.16. The summed E-state index contributed by atoms with van der Waals surface area (Å²) < 4.78 is 22.0. The largest absolute Gasteiger partial charge is 0.342 e. The van der Waals surface area contributed by atoms with Gasteiger partial charge in [-0.3, -0.25) is 4.79 Å². The highest BCUT2D eigenvalue weighted by molar-refractivity contribution is 7.91. The van der Waals surface area contributed by atoms with E-state index >= 15 is 0 Å². The number of amides is 1. The first kappa shape index (κ1) is 13.8. The second-order valence-corrected chi connectivity index (χ2v) is 6.91. The lowest BCUT2D eigenvalue weighted by atomic mass is 9.96. The summed E-state index contributed by atoms with van der Waals surface area (Å²) in [6.45, 7) is 1.33. The highest BCUT2D eigenvalue weighted by atomic mass is 35.5. The lowest BCUT2D eigenvalue weighted by molar-refractivity contribution is -0.130. The molecule has 0 aromatic carbocycles. The van der Waals surface area contributed by atoms with Crippen LogP contribution >= 0.6 is 11.6 Å². The molecule has 1 heterocycles. The molecule has 0 bridgehead atoms. The predicted octanol–water partition coefficient (Wildman–Crippen LogP) is 0.898. The number of rotatable bonds is 4. The van der Waals surface area contributed by atoms with Gasteiger partial charge in [0.15, 0.2) is 9.84 Å². The van der Waals surface area contributed by atoms with Crippen molar-refractivity contribution >= 4 is 27.3 Å². The van der Waals surface area contributed by atoms with Gasteiger partial charge in [-0.25, -0.2) is 8.42 Å². The second-order valence-electron chi connectivity index (χ2n) is 4.40. The Labute approximate surface area is 102 Å². The number of piperidine rings is 1. The van der Waals surface area contributed by atoms with Crippen molar-refractivity contribution in [3.8, 4) is 0 Å². The summed E-state index contributed by atoms with van der Waals surface area (Å²) in [5, 5.41) is 0. The van der Waals surface area contributed by atoms with Crippen LogP contribution in [0.4, 0.5) is 0 Å². The fraction of sp³-hybridized carbons (Fsp3) is 0.900. The van der Waals surface area contributed by atoms with Crippen LogP contribution in [0, 0.1) is 5.92 Å². The summed E-state index contributed by atoms with van der Waals surface area (Å²) in [5.74, 6) is 0.371. The van der Waals surface area contributed by atoms with Gasteiger partial charge < -0.3 is 4.90 Å². The van der Waals surface area contributed by atoms with E-state index in [1.165, 1.54) is 0 Å². The number of carbonyl (C=O) groups excluding carboxylic acids is 1. The molecule has 1 atom stereocenters. The van der Waals surface area contributed by atoms with Gasteiger partial charge in [-0.15, -0.1) is 11.6 Å². The summed E-state index contributed by atoms with van der Waals surface area (Å²) in [6.07, 6.45) is 4.00. The molecule has 0 saturated carbocycles. The van der Waals surface area contributed by atoms with Crippen molar-refractivity contribution in [2.45, 2.75) is 19.3 Å². The number of nitrogens with zero attached hydrogens (tertiary/aromatic N) is 1. The fourth-order valence-corrected chi connectivity index (χ4v) is 2.94. The minimum absolute atomic E-state index is 0.276. The summed E-state index contributed by atoms with van der Waals surface area (Å²) in [7, 11) is -3.22. The molecular weight excluding hydrogens is 250 g/mol. The number of alkyl halides is 1. The van der Waals surface area contributed by atoms with Gasteiger partial charge in [0.05, 0.1) is 0 Å². The first-order chi connectivity index (χ1) is 7.42. The molecule has 1 unspecified atom stereocenters. The number of sulfone groups is 1. The minimum Gasteiger partial charge on any atom is -0.342 e. The van der Waals surface area contributed by atoms with Gasteiger partial charge in [0, 0.05) is 25.2 Å². The van der Waals surface area contributed by atoms with Crippen LogP contribution in [-0.4, -0.2) is 50.2 Å². The molecular formula is C10H18ClNO3S. The Morgan fingerprint density at radius 2 is 2.19 bits per heavy atom. The van der Waals surface area contributed by atoms with E-state index in [0.717, 1.165) is 25.5 Å². The Morgan fingerprint density at radius 3 is 2.75 bits per heavy atom. The Hall–Kier alpha value is -0.290. The monoisotopic (exact) mass is 267 g/mol. The molecule has 1 saturated heterocycles. The molecule has 1 rings (SSSR count). The van der Waals surface area contributed by atoms with Crippen molar-refractivity contribution in [3.05, 3.63) is 0 Å². The number of hydrogen-bond acceptors (Lipinski definition) is 3. The standard InChI is InChI=1S/C10H18ClNO3S/c1-16(14,15)8-10(13)12-6-2-3-9(7-12)4-5-11/h9H,2-8H2,1H3. The van der Waals surface area contributed by atoms with Gasteiger partial charge in [0.1, 0.15) is 5.75 Å². The summed E-state index contributed by atoms with van der Waals surface area (Å²) in [5.41, 5.74) is 0. The highest BCUT2D eigenvalue weighted by Gasteiger charge is 2.25. The van der Waals surface area contributed by atoms with Crippen LogP contribution in [0.25, 0.3) is 0 Å². The number of likely N-dealkylation sites (tertiary alicyclic amines) is 1. The molecule has 0 aromatic rings. The van der Waals surface area contributed by atoms with Gasteiger partial charge in [-0.1, -0.05) is 0 Å². The van der Waals surface area contributed by atoms with Crippen LogP contribution in [0.5, 0.6) is 0 Å². The van der Waals surface area contributed by atoms with E-state index < -0.39 is 9.84 Å². The maximum absolute atomic E-state index is 11.7. The van der Waals surface area contributed by atoms with E-state index in [9.17, 15) is 13.2 Å². The average molecular weight is 268 g/mol. The number of carbonyl (C=O) groups is 1. The molecule has 1 aliphatic heterocycles. The summed E-state index contributed by atoms with van der Waals surface area (Å²) in [4.78, 5) is 13.3. The molecule has 0 spiro atoms. The van der Waals surface area contributed by atoms with Crippen LogP contribution in [-0.2, 0) is 14.6 Å². The highest BCUT2D eigenvalue weighted by Crippen LogP contribution is 2.20. The molecule has 0 radical (unpaired) electrons. The Kier molecular flexibility index (Phi) is 5.05. The van der Waals surface area contributed by atoms with E-state index in [2.05, 4.69) is 0 Å². The quantitative estimate of drug-likeness (QED) is 0.711. The van der Waals surface area contributed by atoms with Gasteiger partial charge in [0.25, 0.3) is 0 Å². The van der Waals surface area contributed by atoms with E-state index in [1.807, 2.05) is 0 Å². The van der Waals surface area contributed by atoms with E-state index in [4.69, 9.17) is 11.6 Å². The summed E-state index contributed by atoms with van der Waals surface area (Å²) in [6, 6.07) is 0. The van der Waals surface area contributed by atoms with Crippen LogP contribution in [0.2, 0.25) is 0 Å². The van der Waals surface area contributed by atoms with E-state index in [0.29, 0.717) is 24.9 Å². The maximum Gasteiger partial charge on any atom is 0.237 e. The normalized spacial score (nSPS) is 22.1. The molecule has 0 aromatic heterocycles. The third-order valence-corrected chi connectivity index (χ3v) is 3.76. The van der Waals surface area contributed by atoms with Gasteiger partial charge >= 0.3 is 0 Å². The smallest absolute Gasteiger partial charge is 0.237 e. The van der Waals surface area contributed by atoms with Crippen LogP contribution in [0.15, 0.2) is 0 Å². The minimum atomic E-state index is -3.22. The first-order valence-corrected chi connectivity index (χ1v) is 8.03. The molecule has 0 aliphatic carbocycles. The zero-order valence-electron chi connectivity index (χ0n) is 9.49. The predicted molar refractivity (Wildman–Crippen MR) is 64.4 cm³/mol. The molecule has 1 aliphatic rings. The Bertz CT molecular complexity index is 340. The molecule has 1 fully saturated rings. The van der Waals surface area contributed by atoms with Gasteiger partial charge in [0.2, 0.25) is 5.91 Å². The van der Waals surface area contributed by atoms with Crippen molar-refractivity contribution in [2.24, 2.45) is 5.92 Å². The van der Waals surface area contributed by atoms with Crippen molar-refractivity contribution < 1.29 is 13.2 Å². The molecule has 1 amide bonds. The molecule has 6 heteroatoms. The second kappa shape index (κ2) is 5.87. The topological polar surface area (TPSA) is 54.5 Å². The van der Waals surface area contributed by atoms with E-state index in [-0.39, 0.29) is 11.7 Å². The molecule has 16 heavy (non-hydrogen) atoms. The fourth-order valence-electron chi connectivity index (χ4n) is 2.00. The van der Waals surface area contributed by atoms with Gasteiger partial charge in [-0.05, 0) is 25.2 Å². The van der Waals surface area contributed by atoms with Crippen LogP contribution in [0.1, 0.15) is 19.3 Å². The third-order valence-electron chi connectivity index (χ3n) is 2.77. The van der Waals surface area contributed by atoms with Crippen molar-refractivity contribution in [3.63, 3.8) is 0 Å². The van der Waals surface area contributed by atoms with Crippen LogP contribution in [0.3, 0.4) is 0 Å². The first-order valence-electron chi connectivity index (χ1n) is 5.44. The zero-order chi connectivity index (χ0) is 12.2. The Morgan fingerprint density at radius 1 is 1.50 bits per heavy atom. The zero-order valence-corrected chi connectivity index (χ0v) is 11.1.